The van der Waals surface area contributed by atoms with Gasteiger partial charge in [-0.25, -0.2) is 22.0 Å². The number of benzene rings is 3. The second kappa shape index (κ2) is 13.3. The number of urea groups is 1. The van der Waals surface area contributed by atoms with E-state index in [0.29, 0.717) is 55.6 Å². The molecule has 0 aliphatic carbocycles. The quantitative estimate of drug-likeness (QED) is 0.303. The predicted molar refractivity (Wildman–Crippen MR) is 148 cm³/mol. The minimum atomic E-state index is -4.33. The van der Waals surface area contributed by atoms with E-state index in [2.05, 4.69) is 0 Å². The number of amides is 2. The first kappa shape index (κ1) is 29.6. The van der Waals surface area contributed by atoms with Gasteiger partial charge < -0.3 is 19.3 Å². The van der Waals surface area contributed by atoms with Crippen LogP contribution in [-0.4, -0.2) is 70.8 Å². The van der Waals surface area contributed by atoms with Crippen molar-refractivity contribution in [2.24, 2.45) is 0 Å². The third kappa shape index (κ3) is 7.21. The zero-order chi connectivity index (χ0) is 28.7. The lowest BCUT2D eigenvalue weighted by Crippen LogP contribution is -2.47. The van der Waals surface area contributed by atoms with Gasteiger partial charge in [0.25, 0.3) is 10.0 Å². The van der Waals surface area contributed by atoms with Crippen LogP contribution in [0.3, 0.4) is 0 Å². The number of carbonyl (C=O) groups is 1. The number of sulfonamides is 1. The summed E-state index contributed by atoms with van der Waals surface area (Å²) in [6.07, 6.45) is 0.520. The van der Waals surface area contributed by atoms with Gasteiger partial charge in [-0.2, -0.15) is 0 Å². The van der Waals surface area contributed by atoms with E-state index in [1.165, 1.54) is 24.3 Å². The number of carbonyl (C=O) groups excluding carboxylic acids is 1. The Hall–Kier alpha value is -3.41. The van der Waals surface area contributed by atoms with E-state index >= 15 is 0 Å². The summed E-state index contributed by atoms with van der Waals surface area (Å²) in [5.74, 6) is -1.30. The number of morpholine rings is 1. The number of hydrogen-bond donors (Lipinski definition) is 0. The smallest absolute Gasteiger partial charge is 0.319 e. The van der Waals surface area contributed by atoms with Gasteiger partial charge in [-0.3, -0.25) is 4.31 Å². The monoisotopic (exact) mass is 593 g/mol. The predicted octanol–water partition coefficient (Wildman–Crippen LogP) is 5.17. The summed E-state index contributed by atoms with van der Waals surface area (Å²) in [6, 6.07) is 14.8. The molecule has 0 unspecified atom stereocenters. The third-order valence-electron chi connectivity index (χ3n) is 6.37. The molecule has 3 aromatic rings. The molecular formula is C28H30ClF2N3O5S. The normalized spacial score (nSPS) is 13.7. The summed E-state index contributed by atoms with van der Waals surface area (Å²) >= 11 is 5.93. The summed E-state index contributed by atoms with van der Waals surface area (Å²) in [5.41, 5.74) is 0.00875. The van der Waals surface area contributed by atoms with Crippen molar-refractivity contribution in [2.45, 2.75) is 17.9 Å². The molecule has 40 heavy (non-hydrogen) atoms. The lowest BCUT2D eigenvalue weighted by molar-refractivity contribution is 0.0450. The van der Waals surface area contributed by atoms with Crippen LogP contribution in [0.25, 0.3) is 0 Å². The van der Waals surface area contributed by atoms with E-state index in [-0.39, 0.29) is 24.1 Å². The molecule has 1 heterocycles. The van der Waals surface area contributed by atoms with Crippen molar-refractivity contribution in [3.8, 4) is 5.75 Å². The molecule has 0 bridgehead atoms. The third-order valence-corrected chi connectivity index (χ3v) is 8.39. The van der Waals surface area contributed by atoms with Crippen LogP contribution in [0.1, 0.15) is 12.0 Å². The maximum absolute atomic E-state index is 14.9. The maximum atomic E-state index is 14.9. The Morgan fingerprint density at radius 3 is 2.48 bits per heavy atom. The van der Waals surface area contributed by atoms with Gasteiger partial charge in [-0.05, 0) is 48.9 Å². The first-order valence-corrected chi connectivity index (χ1v) is 14.5. The van der Waals surface area contributed by atoms with Gasteiger partial charge in [0.2, 0.25) is 0 Å². The molecule has 0 aromatic heterocycles. The van der Waals surface area contributed by atoms with E-state index in [0.717, 1.165) is 22.5 Å². The van der Waals surface area contributed by atoms with Crippen LogP contribution in [0.5, 0.6) is 5.75 Å². The van der Waals surface area contributed by atoms with E-state index in [9.17, 15) is 22.0 Å². The molecular weight excluding hydrogens is 564 g/mol. The van der Waals surface area contributed by atoms with Gasteiger partial charge >= 0.3 is 6.03 Å². The topological polar surface area (TPSA) is 79.4 Å². The van der Waals surface area contributed by atoms with E-state index in [1.54, 1.807) is 41.1 Å². The number of nitrogens with zero attached hydrogens (tertiary/aromatic N) is 3. The number of anilines is 1. The highest BCUT2D eigenvalue weighted by atomic mass is 35.5. The van der Waals surface area contributed by atoms with Gasteiger partial charge in [0.05, 0.1) is 36.9 Å². The van der Waals surface area contributed by atoms with Gasteiger partial charge in [0, 0.05) is 43.3 Å². The molecule has 4 rings (SSSR count). The van der Waals surface area contributed by atoms with Crippen LogP contribution in [0.2, 0.25) is 5.02 Å². The van der Waals surface area contributed by atoms with Crippen molar-refractivity contribution in [3.05, 3.63) is 89.0 Å². The van der Waals surface area contributed by atoms with Crippen molar-refractivity contribution in [1.29, 1.82) is 0 Å². The molecule has 0 saturated carbocycles. The summed E-state index contributed by atoms with van der Waals surface area (Å²) in [6.45, 7) is 2.51. The highest BCUT2D eigenvalue weighted by Crippen LogP contribution is 2.32. The molecule has 0 N–H and O–H groups in total. The molecule has 1 aliphatic rings. The molecule has 0 atom stereocenters. The van der Waals surface area contributed by atoms with Crippen LogP contribution < -0.4 is 9.04 Å². The minimum absolute atomic E-state index is 0.0798. The lowest BCUT2D eigenvalue weighted by atomic mass is 10.2. The van der Waals surface area contributed by atoms with E-state index in [1.807, 2.05) is 0 Å². The number of halogens is 3. The fourth-order valence-corrected chi connectivity index (χ4v) is 5.78. The summed E-state index contributed by atoms with van der Waals surface area (Å²) < 4.78 is 68.4. The molecule has 214 valence electrons. The van der Waals surface area contributed by atoms with Crippen LogP contribution in [0.15, 0.2) is 71.6 Å². The molecule has 1 aliphatic heterocycles. The van der Waals surface area contributed by atoms with Crippen molar-refractivity contribution in [3.63, 3.8) is 0 Å². The van der Waals surface area contributed by atoms with Gasteiger partial charge in [-0.15, -0.1) is 0 Å². The minimum Gasteiger partial charge on any atom is -0.493 e. The highest BCUT2D eigenvalue weighted by Gasteiger charge is 2.29. The van der Waals surface area contributed by atoms with Crippen molar-refractivity contribution in [2.75, 3.05) is 50.8 Å². The second-order valence-corrected chi connectivity index (χ2v) is 11.5. The standard InChI is InChI=1S/C28H30ClF2N3O5S/c1-32(28(35)33-14-17-38-18-15-33)13-4-16-39-27-6-3-2-5-21(27)20-34(26-19-23(30)9-12-25(26)31)40(36,37)24-10-7-22(29)8-11-24/h2-3,5-12,19H,4,13-18,20H2,1H3. The maximum Gasteiger partial charge on any atom is 0.319 e. The highest BCUT2D eigenvalue weighted by molar-refractivity contribution is 7.92. The Morgan fingerprint density at radius 2 is 1.75 bits per heavy atom. The largest absolute Gasteiger partial charge is 0.493 e. The van der Waals surface area contributed by atoms with Crippen molar-refractivity contribution >= 4 is 33.3 Å². The molecule has 1 saturated heterocycles. The average molecular weight is 594 g/mol. The van der Waals surface area contributed by atoms with Crippen LogP contribution >= 0.6 is 11.6 Å². The first-order valence-electron chi connectivity index (χ1n) is 12.7. The number of rotatable bonds is 10. The first-order chi connectivity index (χ1) is 19.2. The Bertz CT molecular complexity index is 1420. The molecule has 3 aromatic carbocycles. The van der Waals surface area contributed by atoms with Gasteiger partial charge in [-0.1, -0.05) is 29.8 Å². The van der Waals surface area contributed by atoms with Crippen LogP contribution in [-0.2, 0) is 21.3 Å². The Balaban J connectivity index is 1.51. The molecule has 0 spiro atoms. The van der Waals surface area contributed by atoms with Gasteiger partial charge in [0.1, 0.15) is 17.4 Å². The fourth-order valence-electron chi connectivity index (χ4n) is 4.22. The van der Waals surface area contributed by atoms with Crippen LogP contribution in [0, 0.1) is 11.6 Å². The number of para-hydroxylation sites is 1. The molecule has 8 nitrogen and oxygen atoms in total. The van der Waals surface area contributed by atoms with Gasteiger partial charge in [0.15, 0.2) is 0 Å². The van der Waals surface area contributed by atoms with Crippen LogP contribution in [0.4, 0.5) is 19.3 Å². The summed E-state index contributed by atoms with van der Waals surface area (Å²) in [7, 11) is -2.61. The lowest BCUT2D eigenvalue weighted by Gasteiger charge is -2.31. The molecule has 1 fully saturated rings. The Kier molecular flexibility index (Phi) is 9.83. The second-order valence-electron chi connectivity index (χ2n) is 9.17. The molecule has 12 heteroatoms. The zero-order valence-electron chi connectivity index (χ0n) is 21.9. The summed E-state index contributed by atoms with van der Waals surface area (Å²) in [5, 5.41) is 0.332. The number of hydrogen-bond acceptors (Lipinski definition) is 5. The van der Waals surface area contributed by atoms with E-state index in [4.69, 9.17) is 21.1 Å². The average Bonchev–Trinajstić information content (AvgIpc) is 2.96. The molecule has 2 amide bonds. The fraction of sp³-hybridized carbons (Fsp3) is 0.321. The van der Waals surface area contributed by atoms with E-state index < -0.39 is 27.3 Å². The molecule has 0 radical (unpaired) electrons. The Morgan fingerprint density at radius 1 is 1.05 bits per heavy atom. The zero-order valence-corrected chi connectivity index (χ0v) is 23.5. The summed E-state index contributed by atoms with van der Waals surface area (Å²) in [4.78, 5) is 15.8. The number of ether oxygens (including phenoxy) is 2. The Labute approximate surface area is 237 Å². The SMILES string of the molecule is CN(CCCOc1ccccc1CN(c1cc(F)ccc1F)S(=O)(=O)c1ccc(Cl)cc1)C(=O)N1CCOCC1. The van der Waals surface area contributed by atoms with Crippen molar-refractivity contribution < 1.29 is 31.5 Å². The van der Waals surface area contributed by atoms with Crippen molar-refractivity contribution in [1.82, 2.24) is 9.80 Å².